The number of benzene rings is 2. The molecule has 0 saturated carbocycles. The van der Waals surface area contributed by atoms with Gasteiger partial charge in [0.05, 0.1) is 30.6 Å². The van der Waals surface area contributed by atoms with Crippen LogP contribution in [0.1, 0.15) is 47.8 Å². The Morgan fingerprint density at radius 3 is 2.73 bits per heavy atom. The lowest BCUT2D eigenvalue weighted by atomic mass is 9.77. The molecule has 0 spiro atoms. The topological polar surface area (TPSA) is 104 Å². The van der Waals surface area contributed by atoms with Crippen molar-refractivity contribution >= 4 is 27.7 Å². The maximum atomic E-state index is 13.5. The lowest BCUT2D eigenvalue weighted by Crippen LogP contribution is -2.43. The summed E-state index contributed by atoms with van der Waals surface area (Å²) in [6, 6.07) is 15.5. The molecule has 1 aliphatic carbocycles. The number of Topliss-reactive ketones (excluding diaryl/α,β-unsaturated/α-hetero) is 1. The van der Waals surface area contributed by atoms with E-state index in [1.54, 1.807) is 24.7 Å². The highest BCUT2D eigenvalue weighted by Gasteiger charge is 2.43. The van der Waals surface area contributed by atoms with Crippen LogP contribution in [0, 0.1) is 6.92 Å². The first-order valence-corrected chi connectivity index (χ1v) is 13.5. The van der Waals surface area contributed by atoms with E-state index in [-0.39, 0.29) is 30.8 Å². The predicted octanol–water partition coefficient (Wildman–Crippen LogP) is 5.18. The monoisotopic (exact) mass is 536 g/mol. The summed E-state index contributed by atoms with van der Waals surface area (Å²) in [5.74, 6) is 1.82. The molecular weight excluding hydrogens is 508 g/mol. The zero-order valence-electron chi connectivity index (χ0n) is 22.5. The number of aliphatic hydroxyl groups is 1. The molecule has 1 atom stereocenters. The smallest absolute Gasteiger partial charge is 0.254 e. The Bertz CT molecular complexity index is 1930. The van der Waals surface area contributed by atoms with Crippen molar-refractivity contribution in [3.8, 4) is 22.9 Å². The van der Waals surface area contributed by atoms with E-state index in [9.17, 15) is 14.7 Å². The molecule has 202 valence electrons. The normalized spacial score (nSPS) is 17.6. The Hall–Kier alpha value is -4.43. The summed E-state index contributed by atoms with van der Waals surface area (Å²) < 4.78 is 19.2. The van der Waals surface area contributed by atoms with Gasteiger partial charge in [0.1, 0.15) is 23.7 Å². The SMILES string of the molecule is CC[C@@]1(O)C(=O)CCc2c1cc1n(c2=O)Cc2cc3cc(OCc4cc5cc(C)cc(OC)c5o4)ccc3nc2-1. The third kappa shape index (κ3) is 3.59. The summed E-state index contributed by atoms with van der Waals surface area (Å²) in [5.41, 5.74) is 3.97. The average molecular weight is 537 g/mol. The van der Waals surface area contributed by atoms with Crippen LogP contribution in [-0.4, -0.2) is 27.6 Å². The summed E-state index contributed by atoms with van der Waals surface area (Å²) in [6.45, 7) is 4.43. The van der Waals surface area contributed by atoms with Gasteiger partial charge in [0.25, 0.3) is 5.56 Å². The summed E-state index contributed by atoms with van der Waals surface area (Å²) in [6.07, 6.45) is 0.744. The molecule has 0 bridgehead atoms. The molecule has 8 heteroatoms. The molecule has 4 heterocycles. The molecule has 2 aromatic carbocycles. The number of furan rings is 1. The van der Waals surface area contributed by atoms with Crippen LogP contribution in [0.25, 0.3) is 33.3 Å². The first-order chi connectivity index (χ1) is 19.3. The number of fused-ring (bicyclic) bond motifs is 6. The number of carbonyl (C=O) groups is 1. The van der Waals surface area contributed by atoms with Gasteiger partial charge in [-0.1, -0.05) is 6.92 Å². The molecular formula is C32H28N2O6. The fourth-order valence-corrected chi connectivity index (χ4v) is 6.13. The van der Waals surface area contributed by atoms with Gasteiger partial charge in [0.15, 0.2) is 17.1 Å². The fourth-order valence-electron chi connectivity index (χ4n) is 6.13. The Balaban J connectivity index is 1.21. The first-order valence-electron chi connectivity index (χ1n) is 13.5. The van der Waals surface area contributed by atoms with Gasteiger partial charge >= 0.3 is 0 Å². The van der Waals surface area contributed by atoms with E-state index < -0.39 is 5.60 Å². The quantitative estimate of drug-likeness (QED) is 0.324. The number of aromatic nitrogens is 2. The van der Waals surface area contributed by atoms with Crippen molar-refractivity contribution in [2.45, 2.75) is 51.9 Å². The second kappa shape index (κ2) is 8.79. The van der Waals surface area contributed by atoms with Crippen molar-refractivity contribution in [1.82, 2.24) is 9.55 Å². The molecule has 0 amide bonds. The first kappa shape index (κ1) is 24.6. The molecule has 5 aromatic rings. The zero-order valence-corrected chi connectivity index (χ0v) is 22.5. The lowest BCUT2D eigenvalue weighted by Gasteiger charge is -2.32. The van der Waals surface area contributed by atoms with E-state index in [0.29, 0.717) is 58.3 Å². The minimum atomic E-state index is -1.63. The second-order valence-electron chi connectivity index (χ2n) is 10.7. The molecule has 8 nitrogen and oxygen atoms in total. The maximum absolute atomic E-state index is 13.5. The molecule has 40 heavy (non-hydrogen) atoms. The number of rotatable bonds is 5. The van der Waals surface area contributed by atoms with E-state index in [1.165, 1.54) is 0 Å². The van der Waals surface area contributed by atoms with Crippen molar-refractivity contribution in [2.24, 2.45) is 0 Å². The largest absolute Gasteiger partial charge is 0.493 e. The van der Waals surface area contributed by atoms with Crippen molar-refractivity contribution in [2.75, 3.05) is 7.11 Å². The van der Waals surface area contributed by atoms with E-state index >= 15 is 0 Å². The van der Waals surface area contributed by atoms with Gasteiger partial charge in [0.2, 0.25) is 0 Å². The fraction of sp³-hybridized carbons (Fsp3) is 0.281. The third-order valence-electron chi connectivity index (χ3n) is 8.24. The highest BCUT2D eigenvalue weighted by atomic mass is 16.5. The molecule has 1 N–H and O–H groups in total. The molecule has 7 rings (SSSR count). The van der Waals surface area contributed by atoms with Crippen molar-refractivity contribution in [3.05, 3.63) is 86.9 Å². The number of aryl methyl sites for hydroxylation is 1. The number of nitrogens with zero attached hydrogens (tertiary/aromatic N) is 2. The molecule has 0 radical (unpaired) electrons. The van der Waals surface area contributed by atoms with Crippen LogP contribution in [0.15, 0.2) is 57.7 Å². The van der Waals surface area contributed by atoms with Crippen LogP contribution in [0.3, 0.4) is 0 Å². The highest BCUT2D eigenvalue weighted by Crippen LogP contribution is 2.39. The zero-order chi connectivity index (χ0) is 27.8. The number of pyridine rings is 2. The predicted molar refractivity (Wildman–Crippen MR) is 150 cm³/mol. The summed E-state index contributed by atoms with van der Waals surface area (Å²) in [7, 11) is 1.63. The molecule has 0 saturated heterocycles. The molecule has 1 aliphatic heterocycles. The third-order valence-corrected chi connectivity index (χ3v) is 8.24. The second-order valence-corrected chi connectivity index (χ2v) is 10.7. The van der Waals surface area contributed by atoms with Crippen LogP contribution in [0.2, 0.25) is 0 Å². The van der Waals surface area contributed by atoms with Gasteiger partial charge in [-0.05, 0) is 73.9 Å². The van der Waals surface area contributed by atoms with Crippen molar-refractivity contribution < 1.29 is 23.8 Å². The van der Waals surface area contributed by atoms with Gasteiger partial charge in [-0.15, -0.1) is 0 Å². The Labute approximate surface area is 229 Å². The lowest BCUT2D eigenvalue weighted by molar-refractivity contribution is -0.140. The number of ether oxygens (including phenoxy) is 2. The highest BCUT2D eigenvalue weighted by molar-refractivity contribution is 5.91. The maximum Gasteiger partial charge on any atom is 0.254 e. The van der Waals surface area contributed by atoms with Crippen LogP contribution in [0.4, 0.5) is 0 Å². The minimum Gasteiger partial charge on any atom is -0.493 e. The van der Waals surface area contributed by atoms with E-state index in [4.69, 9.17) is 18.9 Å². The molecule has 0 unspecified atom stereocenters. The van der Waals surface area contributed by atoms with Crippen LogP contribution >= 0.6 is 0 Å². The van der Waals surface area contributed by atoms with Crippen LogP contribution < -0.4 is 15.0 Å². The van der Waals surface area contributed by atoms with Gasteiger partial charge in [-0.25, -0.2) is 4.98 Å². The van der Waals surface area contributed by atoms with Crippen LogP contribution in [0.5, 0.6) is 11.5 Å². The molecule has 2 aliphatic rings. The van der Waals surface area contributed by atoms with Gasteiger partial charge in [0, 0.05) is 33.9 Å². The standard InChI is InChI=1S/C32H28N2O6/c1-4-32(37)24-14-26-29-20(15-34(26)31(36)23(24)6-8-28(32)35)11-18-12-21(5-7-25(18)33-29)39-16-22-13-19-9-17(2)10-27(38-3)30(19)40-22/h5,7,9-14,37H,4,6,8,15-16H2,1-3H3/t32-/m0/s1. The van der Waals surface area contributed by atoms with Crippen molar-refractivity contribution in [1.29, 1.82) is 0 Å². The van der Waals surface area contributed by atoms with Gasteiger partial charge in [-0.3, -0.25) is 9.59 Å². The molecule has 0 fully saturated rings. The number of hydrogen-bond donors (Lipinski definition) is 1. The Kier molecular flexibility index (Phi) is 5.41. The molecule has 3 aromatic heterocycles. The average Bonchev–Trinajstić information content (AvgIpc) is 3.53. The van der Waals surface area contributed by atoms with E-state index in [0.717, 1.165) is 27.4 Å². The Morgan fingerprint density at radius 1 is 1.07 bits per heavy atom. The van der Waals surface area contributed by atoms with Crippen LogP contribution in [-0.2, 0) is 30.0 Å². The van der Waals surface area contributed by atoms with E-state index in [2.05, 4.69) is 0 Å². The minimum absolute atomic E-state index is 0.157. The number of hydrogen-bond acceptors (Lipinski definition) is 7. The number of carbonyl (C=O) groups excluding carboxylic acids is 1. The number of ketones is 1. The summed E-state index contributed by atoms with van der Waals surface area (Å²) in [4.78, 5) is 30.9. The van der Waals surface area contributed by atoms with Gasteiger partial charge < -0.3 is 23.6 Å². The summed E-state index contributed by atoms with van der Waals surface area (Å²) >= 11 is 0. The Morgan fingerprint density at radius 2 is 1.93 bits per heavy atom. The van der Waals surface area contributed by atoms with Gasteiger partial charge in [-0.2, -0.15) is 0 Å². The van der Waals surface area contributed by atoms with Crippen molar-refractivity contribution in [3.63, 3.8) is 0 Å². The van der Waals surface area contributed by atoms with E-state index in [1.807, 2.05) is 49.4 Å². The number of methoxy groups -OCH3 is 1. The summed E-state index contributed by atoms with van der Waals surface area (Å²) in [5, 5.41) is 13.0.